The van der Waals surface area contributed by atoms with Crippen molar-refractivity contribution in [3.63, 3.8) is 0 Å². The second kappa shape index (κ2) is 5.88. The molecule has 0 saturated carbocycles. The molecule has 0 bridgehead atoms. The maximum Gasteiger partial charge on any atom is 0.259 e. The van der Waals surface area contributed by atoms with E-state index in [2.05, 4.69) is 15.6 Å². The van der Waals surface area contributed by atoms with E-state index >= 15 is 0 Å². The number of benzene rings is 1. The Morgan fingerprint density at radius 3 is 2.75 bits per heavy atom. The van der Waals surface area contributed by atoms with E-state index in [1.165, 1.54) is 24.4 Å². The number of aryl methyl sites for hydroxylation is 1. The van der Waals surface area contributed by atoms with Crippen LogP contribution in [0.25, 0.3) is 0 Å². The summed E-state index contributed by atoms with van der Waals surface area (Å²) < 4.78 is 13.1. The van der Waals surface area contributed by atoms with Crippen LogP contribution in [0.3, 0.4) is 0 Å². The van der Waals surface area contributed by atoms with Gasteiger partial charge in [-0.15, -0.1) is 0 Å². The third-order valence-corrected chi connectivity index (χ3v) is 3.02. The lowest BCUT2D eigenvalue weighted by atomic mass is 10.2. The van der Waals surface area contributed by atoms with Crippen molar-refractivity contribution >= 4 is 28.9 Å². The van der Waals surface area contributed by atoms with Gasteiger partial charge < -0.3 is 10.6 Å². The Balaban J connectivity index is 2.25. The van der Waals surface area contributed by atoms with E-state index in [0.29, 0.717) is 16.9 Å². The van der Waals surface area contributed by atoms with E-state index in [1.54, 1.807) is 13.1 Å². The first-order valence-corrected chi connectivity index (χ1v) is 6.30. The molecule has 1 heterocycles. The molecule has 1 amide bonds. The minimum absolute atomic E-state index is 0.0429. The summed E-state index contributed by atoms with van der Waals surface area (Å²) in [5, 5.41) is 5.54. The number of hydrogen-bond acceptors (Lipinski definition) is 3. The number of anilines is 2. The lowest BCUT2D eigenvalue weighted by Crippen LogP contribution is -2.14. The van der Waals surface area contributed by atoms with Crippen LogP contribution in [0.4, 0.5) is 15.8 Å². The monoisotopic (exact) mass is 293 g/mol. The van der Waals surface area contributed by atoms with Crippen LogP contribution >= 0.6 is 11.6 Å². The number of nitrogens with zero attached hydrogens (tertiary/aromatic N) is 1. The third kappa shape index (κ3) is 3.05. The molecule has 104 valence electrons. The van der Waals surface area contributed by atoms with Crippen LogP contribution in [-0.4, -0.2) is 17.9 Å². The zero-order valence-corrected chi connectivity index (χ0v) is 11.8. The molecule has 0 aliphatic carbocycles. The Morgan fingerprint density at radius 2 is 2.10 bits per heavy atom. The van der Waals surface area contributed by atoms with Crippen molar-refractivity contribution in [2.24, 2.45) is 0 Å². The van der Waals surface area contributed by atoms with Crippen LogP contribution in [-0.2, 0) is 0 Å². The number of hydrogen-bond donors (Lipinski definition) is 2. The molecule has 2 N–H and O–H groups in total. The maximum atomic E-state index is 13.1. The van der Waals surface area contributed by atoms with Gasteiger partial charge in [0.05, 0.1) is 16.3 Å². The van der Waals surface area contributed by atoms with Crippen LogP contribution in [0.15, 0.2) is 30.5 Å². The molecule has 0 saturated heterocycles. The first-order chi connectivity index (χ1) is 9.51. The fourth-order valence-corrected chi connectivity index (χ4v) is 1.90. The summed E-state index contributed by atoms with van der Waals surface area (Å²) in [7, 11) is 1.72. The second-order valence-electron chi connectivity index (χ2n) is 4.20. The standard InChI is InChI=1S/C14H13ClFN3O/c1-8-5-13(17-2)10(7-18-8)14(20)19-9-3-4-12(16)11(15)6-9/h3-7H,1-2H3,(H,17,18)(H,19,20). The summed E-state index contributed by atoms with van der Waals surface area (Å²) in [5.74, 6) is -0.873. The van der Waals surface area contributed by atoms with Crippen molar-refractivity contribution in [2.45, 2.75) is 6.92 Å². The van der Waals surface area contributed by atoms with Crippen molar-refractivity contribution < 1.29 is 9.18 Å². The molecule has 0 radical (unpaired) electrons. The van der Waals surface area contributed by atoms with Crippen molar-refractivity contribution in [1.82, 2.24) is 4.98 Å². The number of aromatic nitrogens is 1. The maximum absolute atomic E-state index is 13.1. The van der Waals surface area contributed by atoms with Gasteiger partial charge in [0, 0.05) is 24.6 Å². The summed E-state index contributed by atoms with van der Waals surface area (Å²) in [6, 6.07) is 5.77. The highest BCUT2D eigenvalue weighted by Crippen LogP contribution is 2.21. The van der Waals surface area contributed by atoms with Gasteiger partial charge in [-0.05, 0) is 31.2 Å². The molecule has 0 fully saturated rings. The van der Waals surface area contributed by atoms with Crippen LogP contribution in [0.2, 0.25) is 5.02 Å². The molecule has 20 heavy (non-hydrogen) atoms. The minimum Gasteiger partial charge on any atom is -0.387 e. The van der Waals surface area contributed by atoms with Gasteiger partial charge in [-0.3, -0.25) is 9.78 Å². The van der Waals surface area contributed by atoms with Gasteiger partial charge in [-0.1, -0.05) is 11.6 Å². The lowest BCUT2D eigenvalue weighted by Gasteiger charge is -2.10. The van der Waals surface area contributed by atoms with Crippen molar-refractivity contribution in [3.05, 3.63) is 52.6 Å². The summed E-state index contributed by atoms with van der Waals surface area (Å²) in [6.45, 7) is 1.84. The van der Waals surface area contributed by atoms with E-state index in [4.69, 9.17) is 11.6 Å². The van der Waals surface area contributed by atoms with Crippen LogP contribution < -0.4 is 10.6 Å². The number of amides is 1. The quantitative estimate of drug-likeness (QED) is 0.911. The Labute approximate surface area is 121 Å². The van der Waals surface area contributed by atoms with Gasteiger partial charge in [-0.25, -0.2) is 4.39 Å². The molecule has 4 nitrogen and oxygen atoms in total. The fraction of sp³-hybridized carbons (Fsp3) is 0.143. The van der Waals surface area contributed by atoms with Crippen molar-refractivity contribution in [1.29, 1.82) is 0 Å². The minimum atomic E-state index is -0.530. The van der Waals surface area contributed by atoms with Crippen molar-refractivity contribution in [2.75, 3.05) is 17.7 Å². The smallest absolute Gasteiger partial charge is 0.259 e. The predicted octanol–water partition coefficient (Wildman–Crippen LogP) is 3.48. The van der Waals surface area contributed by atoms with Gasteiger partial charge in [0.25, 0.3) is 5.91 Å². The molecule has 0 spiro atoms. The number of nitrogens with one attached hydrogen (secondary N) is 2. The number of carbonyl (C=O) groups excluding carboxylic acids is 1. The van der Waals surface area contributed by atoms with E-state index in [-0.39, 0.29) is 10.9 Å². The molecule has 1 aromatic heterocycles. The van der Waals surface area contributed by atoms with E-state index in [9.17, 15) is 9.18 Å². The average molecular weight is 294 g/mol. The molecule has 0 unspecified atom stereocenters. The Hall–Kier alpha value is -2.14. The molecular weight excluding hydrogens is 281 g/mol. The zero-order valence-electron chi connectivity index (χ0n) is 11.0. The second-order valence-corrected chi connectivity index (χ2v) is 4.61. The highest BCUT2D eigenvalue weighted by atomic mass is 35.5. The highest BCUT2D eigenvalue weighted by Gasteiger charge is 2.12. The molecule has 0 aliphatic heterocycles. The van der Waals surface area contributed by atoms with Gasteiger partial charge >= 0.3 is 0 Å². The topological polar surface area (TPSA) is 54.0 Å². The molecular formula is C14H13ClFN3O. The molecule has 0 atom stereocenters. The van der Waals surface area contributed by atoms with E-state index < -0.39 is 5.82 Å². The predicted molar refractivity (Wildman–Crippen MR) is 77.9 cm³/mol. The number of pyridine rings is 1. The fourth-order valence-electron chi connectivity index (χ4n) is 1.72. The normalized spacial score (nSPS) is 10.2. The summed E-state index contributed by atoms with van der Waals surface area (Å²) >= 11 is 5.67. The number of halogens is 2. The van der Waals surface area contributed by atoms with Crippen LogP contribution in [0, 0.1) is 12.7 Å². The number of carbonyl (C=O) groups is 1. The largest absolute Gasteiger partial charge is 0.387 e. The van der Waals surface area contributed by atoms with Gasteiger partial charge in [0.15, 0.2) is 0 Å². The Morgan fingerprint density at radius 1 is 1.35 bits per heavy atom. The SMILES string of the molecule is CNc1cc(C)ncc1C(=O)Nc1ccc(F)c(Cl)c1. The molecule has 2 rings (SSSR count). The van der Waals surface area contributed by atoms with E-state index in [1.807, 2.05) is 6.92 Å². The summed E-state index contributed by atoms with van der Waals surface area (Å²) in [5.41, 5.74) is 2.29. The average Bonchev–Trinajstić information content (AvgIpc) is 2.42. The summed E-state index contributed by atoms with van der Waals surface area (Å²) in [6.07, 6.45) is 1.49. The summed E-state index contributed by atoms with van der Waals surface area (Å²) in [4.78, 5) is 16.3. The molecule has 0 aliphatic rings. The first kappa shape index (κ1) is 14.3. The molecule has 1 aromatic carbocycles. The third-order valence-electron chi connectivity index (χ3n) is 2.73. The molecule has 2 aromatic rings. The number of rotatable bonds is 3. The van der Waals surface area contributed by atoms with Gasteiger partial charge in [0.2, 0.25) is 0 Å². The van der Waals surface area contributed by atoms with Gasteiger partial charge in [-0.2, -0.15) is 0 Å². The first-order valence-electron chi connectivity index (χ1n) is 5.92. The Kier molecular flexibility index (Phi) is 4.20. The van der Waals surface area contributed by atoms with Crippen LogP contribution in [0.1, 0.15) is 16.1 Å². The van der Waals surface area contributed by atoms with Crippen molar-refractivity contribution in [3.8, 4) is 0 Å². The van der Waals surface area contributed by atoms with Crippen LogP contribution in [0.5, 0.6) is 0 Å². The zero-order chi connectivity index (χ0) is 14.7. The Bertz CT molecular complexity index is 661. The highest BCUT2D eigenvalue weighted by molar-refractivity contribution is 6.31. The lowest BCUT2D eigenvalue weighted by molar-refractivity contribution is 0.102. The van der Waals surface area contributed by atoms with Gasteiger partial charge in [0.1, 0.15) is 5.82 Å². The molecule has 6 heteroatoms. The van der Waals surface area contributed by atoms with E-state index in [0.717, 1.165) is 5.69 Å².